The van der Waals surface area contributed by atoms with Crippen molar-refractivity contribution in [3.8, 4) is 17.1 Å². The van der Waals surface area contributed by atoms with Crippen LogP contribution in [-0.2, 0) is 12.5 Å². The van der Waals surface area contributed by atoms with E-state index in [2.05, 4.69) is 110 Å². The topological polar surface area (TPSA) is 34.8 Å². The smallest absolute Gasteiger partial charge is 0.295 e. The molecule has 0 amide bonds. The Morgan fingerprint density at radius 3 is 2.43 bits per heavy atom. The van der Waals surface area contributed by atoms with Gasteiger partial charge < -0.3 is 4.42 Å². The number of nitrogens with zero attached hydrogens (tertiary/aromatic N) is 3. The number of benzene rings is 3. The molecule has 0 bridgehead atoms. The Balaban J connectivity index is 1.82. The predicted octanol–water partition coefficient (Wildman–Crippen LogP) is 5.87. The first-order valence-corrected chi connectivity index (χ1v) is 10.3. The molecule has 4 nitrogen and oxygen atoms in total. The first-order valence-electron chi connectivity index (χ1n) is 10.3. The van der Waals surface area contributed by atoms with Crippen molar-refractivity contribution in [2.24, 2.45) is 7.05 Å². The zero-order chi connectivity index (χ0) is 21.0. The van der Waals surface area contributed by atoms with E-state index in [-0.39, 0.29) is 5.41 Å². The van der Waals surface area contributed by atoms with E-state index >= 15 is 0 Å². The van der Waals surface area contributed by atoms with Gasteiger partial charge in [0.05, 0.1) is 12.6 Å². The van der Waals surface area contributed by atoms with Crippen molar-refractivity contribution in [3.63, 3.8) is 0 Å². The summed E-state index contributed by atoms with van der Waals surface area (Å²) in [5.41, 5.74) is 8.96. The van der Waals surface area contributed by atoms with Gasteiger partial charge in [0.2, 0.25) is 0 Å². The minimum Gasteiger partial charge on any atom is -0.443 e. The van der Waals surface area contributed by atoms with E-state index in [4.69, 9.17) is 4.42 Å². The van der Waals surface area contributed by atoms with E-state index in [0.717, 1.165) is 33.7 Å². The number of para-hydroxylation sites is 2. The predicted molar refractivity (Wildman–Crippen MR) is 121 cm³/mol. The fourth-order valence-electron chi connectivity index (χ4n) is 4.23. The highest BCUT2D eigenvalue weighted by atomic mass is 16.3. The second-order valence-corrected chi connectivity index (χ2v) is 8.99. The zero-order valence-electron chi connectivity index (χ0n) is 18.1. The molecule has 30 heavy (non-hydrogen) atoms. The van der Waals surface area contributed by atoms with Crippen LogP contribution >= 0.6 is 0 Å². The summed E-state index contributed by atoms with van der Waals surface area (Å²) in [6, 6.07) is 21.7. The Morgan fingerprint density at radius 2 is 1.70 bits per heavy atom. The molecule has 0 radical (unpaired) electrons. The molecule has 0 saturated carbocycles. The first-order chi connectivity index (χ1) is 14.3. The Hall–Kier alpha value is -3.40. The summed E-state index contributed by atoms with van der Waals surface area (Å²) in [5, 5.41) is 0. The van der Waals surface area contributed by atoms with Crippen molar-refractivity contribution in [3.05, 3.63) is 78.2 Å². The van der Waals surface area contributed by atoms with E-state index < -0.39 is 0 Å². The maximum Gasteiger partial charge on any atom is 0.295 e. The van der Waals surface area contributed by atoms with Crippen molar-refractivity contribution < 1.29 is 8.98 Å². The lowest BCUT2D eigenvalue weighted by Crippen LogP contribution is -2.30. The second-order valence-electron chi connectivity index (χ2n) is 8.99. The number of hydrogen-bond acceptors (Lipinski definition) is 2. The molecule has 2 aromatic heterocycles. The summed E-state index contributed by atoms with van der Waals surface area (Å²) < 4.78 is 10.1. The fourth-order valence-corrected chi connectivity index (χ4v) is 4.23. The van der Waals surface area contributed by atoms with Gasteiger partial charge in [-0.2, -0.15) is 4.57 Å². The molecule has 0 spiro atoms. The molecule has 150 valence electrons. The maximum absolute atomic E-state index is 5.51. The molecule has 4 heteroatoms. The summed E-state index contributed by atoms with van der Waals surface area (Å²) in [5.74, 6) is 1.13. The van der Waals surface area contributed by atoms with Gasteiger partial charge in [0.25, 0.3) is 5.82 Å². The molecule has 0 N–H and O–H groups in total. The van der Waals surface area contributed by atoms with Crippen LogP contribution in [0.15, 0.2) is 71.5 Å². The molecule has 5 aromatic rings. The van der Waals surface area contributed by atoms with E-state index in [1.54, 1.807) is 0 Å². The van der Waals surface area contributed by atoms with Crippen LogP contribution in [0.1, 0.15) is 31.9 Å². The third kappa shape index (κ3) is 2.83. The van der Waals surface area contributed by atoms with Crippen molar-refractivity contribution >= 4 is 22.1 Å². The summed E-state index contributed by atoms with van der Waals surface area (Å²) >= 11 is 0. The average Bonchev–Trinajstić information content (AvgIpc) is 3.29. The molecular formula is C26H26N3O+. The number of aryl methyl sites for hydroxylation is 2. The molecule has 0 fully saturated rings. The van der Waals surface area contributed by atoms with Crippen LogP contribution in [-0.4, -0.2) is 9.55 Å². The lowest BCUT2D eigenvalue weighted by Gasteiger charge is -2.18. The number of oxazole rings is 1. The molecule has 5 rings (SSSR count). The molecule has 0 aliphatic carbocycles. The van der Waals surface area contributed by atoms with Gasteiger partial charge in [0, 0.05) is 0 Å². The lowest BCUT2D eigenvalue weighted by molar-refractivity contribution is -0.633. The van der Waals surface area contributed by atoms with Gasteiger partial charge in [-0.25, -0.2) is 9.55 Å². The van der Waals surface area contributed by atoms with Crippen LogP contribution in [0.25, 0.3) is 39.2 Å². The molecule has 3 aromatic carbocycles. The summed E-state index contributed by atoms with van der Waals surface area (Å²) in [6.45, 7) is 8.86. The monoisotopic (exact) mass is 396 g/mol. The third-order valence-corrected chi connectivity index (χ3v) is 5.92. The van der Waals surface area contributed by atoms with E-state index in [0.29, 0.717) is 0 Å². The molecular weight excluding hydrogens is 370 g/mol. The van der Waals surface area contributed by atoms with Crippen LogP contribution in [0, 0.1) is 6.92 Å². The normalized spacial score (nSPS) is 12.2. The van der Waals surface area contributed by atoms with Gasteiger partial charge >= 0.3 is 0 Å². The highest BCUT2D eigenvalue weighted by molar-refractivity contribution is 5.84. The molecule has 2 heterocycles. The van der Waals surface area contributed by atoms with E-state index in [1.807, 2.05) is 0 Å². The van der Waals surface area contributed by atoms with Crippen LogP contribution < -0.4 is 4.57 Å². The number of rotatable bonds is 2. The van der Waals surface area contributed by atoms with Gasteiger partial charge in [-0.1, -0.05) is 45.0 Å². The van der Waals surface area contributed by atoms with Crippen molar-refractivity contribution in [2.75, 3.05) is 0 Å². The molecule has 0 aliphatic heterocycles. The van der Waals surface area contributed by atoms with Gasteiger partial charge in [-0.3, -0.25) is 0 Å². The molecule has 0 unspecified atom stereocenters. The quantitative estimate of drug-likeness (QED) is 0.350. The number of imidazole rings is 1. The van der Waals surface area contributed by atoms with Crippen molar-refractivity contribution in [1.82, 2.24) is 9.55 Å². The highest BCUT2D eigenvalue weighted by Gasteiger charge is 2.27. The molecule has 0 saturated heterocycles. The summed E-state index contributed by atoms with van der Waals surface area (Å²) in [6.07, 6.45) is 1.51. The third-order valence-electron chi connectivity index (χ3n) is 5.92. The Labute approximate surface area is 176 Å². The first kappa shape index (κ1) is 18.6. The minimum atomic E-state index is 0.124. The highest BCUT2D eigenvalue weighted by Crippen LogP contribution is 2.32. The van der Waals surface area contributed by atoms with Gasteiger partial charge in [0.1, 0.15) is 11.2 Å². The lowest BCUT2D eigenvalue weighted by atomic mass is 9.87. The summed E-state index contributed by atoms with van der Waals surface area (Å²) in [7, 11) is 2.13. The largest absolute Gasteiger partial charge is 0.443 e. The average molecular weight is 397 g/mol. The summed E-state index contributed by atoms with van der Waals surface area (Å²) in [4.78, 5) is 4.39. The number of aromatic nitrogens is 3. The van der Waals surface area contributed by atoms with E-state index in [1.165, 1.54) is 23.0 Å². The number of hydrogen-bond donors (Lipinski definition) is 0. The van der Waals surface area contributed by atoms with Crippen LogP contribution in [0.2, 0.25) is 0 Å². The van der Waals surface area contributed by atoms with E-state index in [9.17, 15) is 0 Å². The van der Waals surface area contributed by atoms with Crippen LogP contribution in [0.3, 0.4) is 0 Å². The standard InChI is InChI=1S/C26H26N3O/c1-17-14-24-21(27-16-30-24)15-20(17)25-28(5)22-8-6-7-9-23(22)29(25)19-12-10-18(11-13-19)26(2,3)4/h6-16H,1-5H3/q+1. The second kappa shape index (κ2) is 6.56. The molecule has 0 aliphatic rings. The van der Waals surface area contributed by atoms with Gasteiger partial charge in [0.15, 0.2) is 23.0 Å². The molecule has 0 atom stereocenters. The minimum absolute atomic E-state index is 0.124. The zero-order valence-corrected chi connectivity index (χ0v) is 18.1. The van der Waals surface area contributed by atoms with Crippen molar-refractivity contribution in [2.45, 2.75) is 33.1 Å². The van der Waals surface area contributed by atoms with Crippen molar-refractivity contribution in [1.29, 1.82) is 0 Å². The van der Waals surface area contributed by atoms with Crippen LogP contribution in [0.4, 0.5) is 0 Å². The van der Waals surface area contributed by atoms with Gasteiger partial charge in [-0.15, -0.1) is 0 Å². The SMILES string of the molecule is Cc1cc2ocnc2cc1-c1n(-c2ccc(C(C)(C)C)cc2)c2ccccc2[n+]1C. The van der Waals surface area contributed by atoms with Gasteiger partial charge in [-0.05, 0) is 59.9 Å². The van der Waals surface area contributed by atoms with Crippen LogP contribution in [0.5, 0.6) is 0 Å². The Morgan fingerprint density at radius 1 is 0.967 bits per heavy atom. The number of fused-ring (bicyclic) bond motifs is 2. The maximum atomic E-state index is 5.51. The Kier molecular flexibility index (Phi) is 4.07. The fraction of sp³-hybridized carbons (Fsp3) is 0.231. The Bertz CT molecular complexity index is 1380.